The SMILES string of the molecule is CS(=O)(=O)N1CCC(NC(=O)NCc2ccc(CN3CCCCC3)cc2)CC1. The third-order valence-electron chi connectivity index (χ3n) is 5.59. The Bertz CT molecular complexity index is 737. The van der Waals surface area contributed by atoms with E-state index in [4.69, 9.17) is 0 Å². The van der Waals surface area contributed by atoms with Gasteiger partial charge < -0.3 is 10.6 Å². The van der Waals surface area contributed by atoms with E-state index in [-0.39, 0.29) is 12.1 Å². The van der Waals surface area contributed by atoms with Crippen LogP contribution in [-0.4, -0.2) is 62.1 Å². The van der Waals surface area contributed by atoms with Crippen molar-refractivity contribution in [1.82, 2.24) is 19.8 Å². The van der Waals surface area contributed by atoms with Gasteiger partial charge >= 0.3 is 6.03 Å². The largest absolute Gasteiger partial charge is 0.335 e. The highest BCUT2D eigenvalue weighted by Crippen LogP contribution is 2.14. The zero-order chi connectivity index (χ0) is 20.0. The van der Waals surface area contributed by atoms with Crippen LogP contribution in [0.4, 0.5) is 4.79 Å². The lowest BCUT2D eigenvalue weighted by atomic mass is 10.1. The highest BCUT2D eigenvalue weighted by atomic mass is 32.2. The number of nitrogens with one attached hydrogen (secondary N) is 2. The molecule has 156 valence electrons. The fraction of sp³-hybridized carbons (Fsp3) is 0.650. The van der Waals surface area contributed by atoms with Gasteiger partial charge in [0.15, 0.2) is 0 Å². The van der Waals surface area contributed by atoms with Crippen LogP contribution in [0.15, 0.2) is 24.3 Å². The van der Waals surface area contributed by atoms with Gasteiger partial charge in [0.05, 0.1) is 6.26 Å². The van der Waals surface area contributed by atoms with Crippen LogP contribution in [0.1, 0.15) is 43.2 Å². The van der Waals surface area contributed by atoms with Crippen molar-refractivity contribution in [2.75, 3.05) is 32.4 Å². The van der Waals surface area contributed by atoms with Gasteiger partial charge in [-0.1, -0.05) is 30.7 Å². The molecule has 28 heavy (non-hydrogen) atoms. The first kappa shape index (κ1) is 21.1. The fourth-order valence-corrected chi connectivity index (χ4v) is 4.76. The van der Waals surface area contributed by atoms with Crippen molar-refractivity contribution < 1.29 is 13.2 Å². The van der Waals surface area contributed by atoms with Gasteiger partial charge in [-0.25, -0.2) is 17.5 Å². The number of likely N-dealkylation sites (tertiary alicyclic amines) is 1. The van der Waals surface area contributed by atoms with E-state index in [0.29, 0.717) is 32.5 Å². The average Bonchev–Trinajstić information content (AvgIpc) is 2.68. The van der Waals surface area contributed by atoms with Gasteiger partial charge in [0, 0.05) is 32.2 Å². The number of hydrogen-bond donors (Lipinski definition) is 2. The van der Waals surface area contributed by atoms with E-state index >= 15 is 0 Å². The lowest BCUT2D eigenvalue weighted by molar-refractivity contribution is 0.221. The predicted molar refractivity (Wildman–Crippen MR) is 110 cm³/mol. The van der Waals surface area contributed by atoms with Crippen LogP contribution in [0, 0.1) is 0 Å². The third kappa shape index (κ3) is 6.46. The van der Waals surface area contributed by atoms with Gasteiger partial charge in [0.2, 0.25) is 10.0 Å². The van der Waals surface area contributed by atoms with E-state index in [9.17, 15) is 13.2 Å². The van der Waals surface area contributed by atoms with Crippen molar-refractivity contribution in [3.63, 3.8) is 0 Å². The minimum Gasteiger partial charge on any atom is -0.335 e. The highest BCUT2D eigenvalue weighted by molar-refractivity contribution is 7.88. The summed E-state index contributed by atoms with van der Waals surface area (Å²) in [7, 11) is -3.14. The van der Waals surface area contributed by atoms with Gasteiger partial charge in [-0.2, -0.15) is 0 Å². The normalized spacial score (nSPS) is 20.0. The standard InChI is InChI=1S/C20H32N4O3S/c1-28(26,27)24-13-9-19(10-14-24)22-20(25)21-15-17-5-7-18(8-6-17)16-23-11-3-2-4-12-23/h5-8,19H,2-4,9-16H2,1H3,(H2,21,22,25). The molecule has 7 nitrogen and oxygen atoms in total. The minimum absolute atomic E-state index is 0.0184. The molecule has 0 spiro atoms. The van der Waals surface area contributed by atoms with Crippen LogP contribution in [0.2, 0.25) is 0 Å². The van der Waals surface area contributed by atoms with Gasteiger partial charge in [0.25, 0.3) is 0 Å². The van der Waals surface area contributed by atoms with Crippen LogP contribution >= 0.6 is 0 Å². The minimum atomic E-state index is -3.14. The number of benzene rings is 1. The second kappa shape index (κ2) is 9.71. The van der Waals surface area contributed by atoms with Crippen molar-refractivity contribution in [1.29, 1.82) is 0 Å². The number of amides is 2. The molecule has 0 bridgehead atoms. The second-order valence-electron chi connectivity index (χ2n) is 7.92. The molecule has 0 unspecified atom stereocenters. The Hall–Kier alpha value is -1.64. The molecule has 2 amide bonds. The molecular formula is C20H32N4O3S. The number of carbonyl (C=O) groups excluding carboxylic acids is 1. The number of urea groups is 1. The molecule has 0 radical (unpaired) electrons. The van der Waals surface area contributed by atoms with E-state index in [1.54, 1.807) is 0 Å². The molecule has 2 N–H and O–H groups in total. The molecule has 2 aliphatic rings. The van der Waals surface area contributed by atoms with Crippen molar-refractivity contribution in [2.24, 2.45) is 0 Å². The Morgan fingerprint density at radius 3 is 2.21 bits per heavy atom. The molecule has 2 fully saturated rings. The summed E-state index contributed by atoms with van der Waals surface area (Å²) >= 11 is 0. The maximum Gasteiger partial charge on any atom is 0.315 e. The number of sulfonamides is 1. The molecule has 3 rings (SSSR count). The van der Waals surface area contributed by atoms with Crippen LogP contribution in [0.3, 0.4) is 0 Å². The number of hydrogen-bond acceptors (Lipinski definition) is 4. The summed E-state index contributed by atoms with van der Waals surface area (Å²) in [5, 5.41) is 5.84. The van der Waals surface area contributed by atoms with Gasteiger partial charge in [0.1, 0.15) is 0 Å². The lowest BCUT2D eigenvalue weighted by Gasteiger charge is -2.30. The quantitative estimate of drug-likeness (QED) is 0.753. The molecule has 0 aromatic heterocycles. The average molecular weight is 409 g/mol. The van der Waals surface area contributed by atoms with E-state index < -0.39 is 10.0 Å². The number of rotatable bonds is 6. The van der Waals surface area contributed by atoms with Crippen molar-refractivity contribution in [2.45, 2.75) is 51.2 Å². The highest BCUT2D eigenvalue weighted by Gasteiger charge is 2.25. The van der Waals surface area contributed by atoms with Gasteiger partial charge in [-0.15, -0.1) is 0 Å². The predicted octanol–water partition coefficient (Wildman–Crippen LogP) is 1.90. The molecule has 0 atom stereocenters. The van der Waals surface area contributed by atoms with Crippen LogP contribution in [0.5, 0.6) is 0 Å². The molecule has 2 saturated heterocycles. The van der Waals surface area contributed by atoms with Gasteiger partial charge in [-0.05, 0) is 49.9 Å². The van der Waals surface area contributed by atoms with Crippen LogP contribution in [-0.2, 0) is 23.1 Å². The first-order valence-electron chi connectivity index (χ1n) is 10.2. The summed E-state index contributed by atoms with van der Waals surface area (Å²) in [6.07, 6.45) is 6.46. The molecule has 8 heteroatoms. The number of piperidine rings is 2. The Kier molecular flexibility index (Phi) is 7.31. The summed E-state index contributed by atoms with van der Waals surface area (Å²) in [5.41, 5.74) is 2.39. The summed E-state index contributed by atoms with van der Waals surface area (Å²) in [6.45, 7) is 4.78. The first-order chi connectivity index (χ1) is 13.4. The van der Waals surface area contributed by atoms with Crippen molar-refractivity contribution in [3.8, 4) is 0 Å². The van der Waals surface area contributed by atoms with E-state index in [2.05, 4.69) is 39.8 Å². The maximum absolute atomic E-state index is 12.1. The zero-order valence-corrected chi connectivity index (χ0v) is 17.5. The summed E-state index contributed by atoms with van der Waals surface area (Å²) in [6, 6.07) is 8.25. The molecular weight excluding hydrogens is 376 g/mol. The van der Waals surface area contributed by atoms with Crippen molar-refractivity contribution >= 4 is 16.1 Å². The zero-order valence-electron chi connectivity index (χ0n) is 16.7. The maximum atomic E-state index is 12.1. The molecule has 1 aromatic carbocycles. The van der Waals surface area contributed by atoms with Crippen molar-refractivity contribution in [3.05, 3.63) is 35.4 Å². The Labute approximate surface area is 168 Å². The topological polar surface area (TPSA) is 81.8 Å². The lowest BCUT2D eigenvalue weighted by Crippen LogP contribution is -2.48. The van der Waals surface area contributed by atoms with E-state index in [0.717, 1.165) is 12.1 Å². The van der Waals surface area contributed by atoms with E-state index in [1.807, 2.05) is 0 Å². The number of carbonyl (C=O) groups is 1. The fourth-order valence-electron chi connectivity index (χ4n) is 3.89. The first-order valence-corrected chi connectivity index (χ1v) is 12.0. The molecule has 1 aromatic rings. The van der Waals surface area contributed by atoms with Crippen LogP contribution in [0.25, 0.3) is 0 Å². The smallest absolute Gasteiger partial charge is 0.315 e. The summed E-state index contributed by atoms with van der Waals surface area (Å²) in [5.74, 6) is 0. The third-order valence-corrected chi connectivity index (χ3v) is 6.89. The Balaban J connectivity index is 1.37. The monoisotopic (exact) mass is 408 g/mol. The van der Waals surface area contributed by atoms with E-state index in [1.165, 1.54) is 48.5 Å². The van der Waals surface area contributed by atoms with Gasteiger partial charge in [-0.3, -0.25) is 4.90 Å². The summed E-state index contributed by atoms with van der Waals surface area (Å²) in [4.78, 5) is 14.6. The molecule has 2 heterocycles. The summed E-state index contributed by atoms with van der Waals surface area (Å²) < 4.78 is 24.5. The Morgan fingerprint density at radius 1 is 1.00 bits per heavy atom. The Morgan fingerprint density at radius 2 is 1.61 bits per heavy atom. The molecule has 2 aliphatic heterocycles. The second-order valence-corrected chi connectivity index (χ2v) is 9.90. The number of nitrogens with zero attached hydrogens (tertiary/aromatic N) is 2. The molecule has 0 saturated carbocycles. The molecule has 0 aliphatic carbocycles. The van der Waals surface area contributed by atoms with Crippen LogP contribution < -0.4 is 10.6 Å².